The zero-order valence-corrected chi connectivity index (χ0v) is 25.4. The van der Waals surface area contributed by atoms with Gasteiger partial charge in [0, 0.05) is 50.5 Å². The topological polar surface area (TPSA) is 36.0 Å². The number of ether oxygens (including phenoxy) is 1. The number of rotatable bonds is 14. The van der Waals surface area contributed by atoms with Gasteiger partial charge in [-0.1, -0.05) is 62.5 Å². The van der Waals surface area contributed by atoms with Crippen LogP contribution in [0.3, 0.4) is 0 Å². The van der Waals surface area contributed by atoms with Crippen molar-refractivity contribution in [1.82, 2.24) is 9.80 Å². The van der Waals surface area contributed by atoms with Crippen molar-refractivity contribution in [3.8, 4) is 5.75 Å². The lowest BCUT2D eigenvalue weighted by Crippen LogP contribution is -2.38. The van der Waals surface area contributed by atoms with Crippen LogP contribution in [0.25, 0.3) is 0 Å². The number of carbonyl (C=O) groups is 1. The molecule has 208 valence electrons. The van der Waals surface area contributed by atoms with Crippen molar-refractivity contribution in [3.05, 3.63) is 58.1 Å². The standard InChI is InChI=1S/C28H41Cl2N3O2.C2H6/c1-6-11-22(3)31(4)18-10-21-35-24-16-14-23(15-17-24)32(5)19-20-33(7-2)28(34)25-12-8-9-13-26(29)27(25)30;1-2/h8-9,13-17,22H,6-7,10-12,18-21H2,1-5H3;1-2H3. The van der Waals surface area contributed by atoms with Crippen LogP contribution < -0.4 is 9.64 Å². The minimum absolute atomic E-state index is 0.0671. The van der Waals surface area contributed by atoms with E-state index in [1.54, 1.807) is 6.08 Å². The molecule has 1 aliphatic rings. The molecule has 0 aromatic heterocycles. The second-order valence-corrected chi connectivity index (χ2v) is 9.85. The Morgan fingerprint density at radius 2 is 1.73 bits per heavy atom. The molecular weight excluding hydrogens is 505 g/mol. The van der Waals surface area contributed by atoms with Gasteiger partial charge in [0.15, 0.2) is 0 Å². The first-order valence-electron chi connectivity index (χ1n) is 13.6. The van der Waals surface area contributed by atoms with Crippen LogP contribution in [-0.4, -0.2) is 68.6 Å². The SMILES string of the molecule is CC.CCCC(C)N(C)CCCOc1ccc(N(C)CCN(CC)C(=O)C2=C(Cl)C(Cl)=CC=CC2)cc1. The first-order valence-corrected chi connectivity index (χ1v) is 14.4. The maximum absolute atomic E-state index is 13.1. The van der Waals surface area contributed by atoms with Gasteiger partial charge in [-0.3, -0.25) is 4.79 Å². The van der Waals surface area contributed by atoms with E-state index >= 15 is 0 Å². The van der Waals surface area contributed by atoms with E-state index in [9.17, 15) is 4.79 Å². The van der Waals surface area contributed by atoms with Crippen LogP contribution in [0.15, 0.2) is 58.1 Å². The molecule has 1 aromatic carbocycles. The highest BCUT2D eigenvalue weighted by Crippen LogP contribution is 2.28. The molecule has 0 bridgehead atoms. The first-order chi connectivity index (χ1) is 17.8. The summed E-state index contributed by atoms with van der Waals surface area (Å²) >= 11 is 12.5. The number of allylic oxidation sites excluding steroid dienone is 5. The fraction of sp³-hybridized carbons (Fsp3) is 0.567. The number of anilines is 1. The van der Waals surface area contributed by atoms with Crippen LogP contribution >= 0.6 is 23.2 Å². The second kappa shape index (κ2) is 18.3. The van der Waals surface area contributed by atoms with Crippen molar-refractivity contribution in [1.29, 1.82) is 0 Å². The molecule has 7 heteroatoms. The van der Waals surface area contributed by atoms with E-state index in [1.807, 2.05) is 57.0 Å². The molecule has 5 nitrogen and oxygen atoms in total. The summed E-state index contributed by atoms with van der Waals surface area (Å²) in [5, 5.41) is 0.739. The van der Waals surface area contributed by atoms with E-state index in [1.165, 1.54) is 12.8 Å². The highest BCUT2D eigenvalue weighted by molar-refractivity contribution is 6.45. The highest BCUT2D eigenvalue weighted by atomic mass is 35.5. The summed E-state index contributed by atoms with van der Waals surface area (Å²) in [7, 11) is 4.21. The molecule has 0 saturated carbocycles. The largest absolute Gasteiger partial charge is 0.494 e. The van der Waals surface area contributed by atoms with Crippen molar-refractivity contribution >= 4 is 34.8 Å². The van der Waals surface area contributed by atoms with Crippen molar-refractivity contribution in [2.75, 3.05) is 51.8 Å². The van der Waals surface area contributed by atoms with Crippen LogP contribution in [-0.2, 0) is 4.79 Å². The van der Waals surface area contributed by atoms with Crippen LogP contribution in [0.2, 0.25) is 0 Å². The molecular formula is C30H47Cl2N3O2. The Kier molecular flexibility index (Phi) is 16.4. The summed E-state index contributed by atoms with van der Waals surface area (Å²) in [6, 6.07) is 8.75. The minimum atomic E-state index is -0.0671. The van der Waals surface area contributed by atoms with E-state index in [0.29, 0.717) is 54.3 Å². The van der Waals surface area contributed by atoms with E-state index < -0.39 is 0 Å². The third-order valence-corrected chi connectivity index (χ3v) is 7.31. The van der Waals surface area contributed by atoms with Gasteiger partial charge in [0.05, 0.1) is 16.7 Å². The lowest BCUT2D eigenvalue weighted by molar-refractivity contribution is -0.126. The molecule has 0 fully saturated rings. The van der Waals surface area contributed by atoms with Crippen molar-refractivity contribution in [2.24, 2.45) is 0 Å². The summed E-state index contributed by atoms with van der Waals surface area (Å²) in [6.07, 6.45) is 9.37. The van der Waals surface area contributed by atoms with Gasteiger partial charge in [0.2, 0.25) is 0 Å². The van der Waals surface area contributed by atoms with Crippen molar-refractivity contribution in [3.63, 3.8) is 0 Å². The normalized spacial score (nSPS) is 13.9. The Morgan fingerprint density at radius 3 is 2.35 bits per heavy atom. The molecule has 0 radical (unpaired) electrons. The zero-order valence-electron chi connectivity index (χ0n) is 23.9. The Morgan fingerprint density at radius 1 is 1.05 bits per heavy atom. The predicted octanol–water partition coefficient (Wildman–Crippen LogP) is 7.46. The van der Waals surface area contributed by atoms with Gasteiger partial charge in [-0.25, -0.2) is 0 Å². The molecule has 1 amide bonds. The average molecular weight is 553 g/mol. The van der Waals surface area contributed by atoms with Gasteiger partial charge in [-0.05, 0) is 70.5 Å². The van der Waals surface area contributed by atoms with Gasteiger partial charge in [-0.15, -0.1) is 0 Å². The minimum Gasteiger partial charge on any atom is -0.494 e. The smallest absolute Gasteiger partial charge is 0.251 e. The number of hydrogen-bond donors (Lipinski definition) is 0. The molecule has 1 atom stereocenters. The number of benzene rings is 1. The van der Waals surface area contributed by atoms with E-state index in [4.69, 9.17) is 27.9 Å². The number of halogens is 2. The summed E-state index contributed by atoms with van der Waals surface area (Å²) in [4.78, 5) is 19.4. The number of likely N-dealkylation sites (N-methyl/N-ethyl adjacent to an activating group) is 2. The number of nitrogens with zero attached hydrogens (tertiary/aromatic N) is 3. The molecule has 37 heavy (non-hydrogen) atoms. The number of carbonyl (C=O) groups excluding carboxylic acids is 1. The van der Waals surface area contributed by atoms with Crippen molar-refractivity contribution in [2.45, 2.75) is 66.3 Å². The molecule has 0 heterocycles. The highest BCUT2D eigenvalue weighted by Gasteiger charge is 2.21. The van der Waals surface area contributed by atoms with Gasteiger partial charge in [-0.2, -0.15) is 0 Å². The lowest BCUT2D eigenvalue weighted by atomic mass is 10.1. The molecule has 0 aliphatic heterocycles. The quantitative estimate of drug-likeness (QED) is 0.225. The Bertz CT molecular complexity index is 897. The second-order valence-electron chi connectivity index (χ2n) is 9.06. The summed E-state index contributed by atoms with van der Waals surface area (Å²) < 4.78 is 5.94. The molecule has 0 N–H and O–H groups in total. The molecule has 1 aromatic rings. The monoisotopic (exact) mass is 551 g/mol. The van der Waals surface area contributed by atoms with Gasteiger partial charge >= 0.3 is 0 Å². The Labute approximate surface area is 235 Å². The van der Waals surface area contributed by atoms with E-state index in [2.05, 4.69) is 42.8 Å². The Balaban J connectivity index is 0.00000334. The fourth-order valence-electron chi connectivity index (χ4n) is 3.98. The molecule has 1 aliphatic carbocycles. The fourth-order valence-corrected chi connectivity index (χ4v) is 4.39. The zero-order chi connectivity index (χ0) is 27.8. The van der Waals surface area contributed by atoms with Gasteiger partial charge in [0.25, 0.3) is 5.91 Å². The maximum Gasteiger partial charge on any atom is 0.251 e. The molecule has 1 unspecified atom stereocenters. The predicted molar refractivity (Wildman–Crippen MR) is 161 cm³/mol. The van der Waals surface area contributed by atoms with E-state index in [-0.39, 0.29) is 5.91 Å². The van der Waals surface area contributed by atoms with E-state index in [0.717, 1.165) is 24.4 Å². The lowest BCUT2D eigenvalue weighted by Gasteiger charge is -2.27. The summed E-state index contributed by atoms with van der Waals surface area (Å²) in [5.74, 6) is 0.812. The van der Waals surface area contributed by atoms with Crippen LogP contribution in [0.5, 0.6) is 5.75 Å². The number of amides is 1. The molecule has 0 spiro atoms. The average Bonchev–Trinajstić information content (AvgIpc) is 3.08. The Hall–Kier alpha value is -1.95. The third-order valence-electron chi connectivity index (χ3n) is 6.47. The summed E-state index contributed by atoms with van der Waals surface area (Å²) in [6.45, 7) is 14.1. The maximum atomic E-state index is 13.1. The van der Waals surface area contributed by atoms with Crippen LogP contribution in [0.4, 0.5) is 5.69 Å². The van der Waals surface area contributed by atoms with Crippen LogP contribution in [0, 0.1) is 0 Å². The van der Waals surface area contributed by atoms with Gasteiger partial charge < -0.3 is 19.4 Å². The molecule has 2 rings (SSSR count). The van der Waals surface area contributed by atoms with Gasteiger partial charge in [0.1, 0.15) is 5.75 Å². The van der Waals surface area contributed by atoms with Crippen LogP contribution in [0.1, 0.15) is 60.3 Å². The third kappa shape index (κ3) is 11.1. The first kappa shape index (κ1) is 33.1. The van der Waals surface area contributed by atoms with Crippen molar-refractivity contribution < 1.29 is 9.53 Å². The molecule has 0 saturated heterocycles. The summed E-state index contributed by atoms with van der Waals surface area (Å²) in [5.41, 5.74) is 1.62. The number of hydrogen-bond acceptors (Lipinski definition) is 4.